The summed E-state index contributed by atoms with van der Waals surface area (Å²) in [5.74, 6) is -2.06. The Balaban J connectivity index is 2.86. The van der Waals surface area contributed by atoms with Crippen molar-refractivity contribution in [2.24, 2.45) is 5.73 Å². The van der Waals surface area contributed by atoms with Gasteiger partial charge in [-0.15, -0.1) is 0 Å². The van der Waals surface area contributed by atoms with Crippen LogP contribution in [-0.2, 0) is 0 Å². The number of benzene rings is 1. The molecule has 0 aliphatic carbocycles. The Labute approximate surface area is 99.0 Å². The van der Waals surface area contributed by atoms with Gasteiger partial charge < -0.3 is 11.1 Å². The second-order valence-electron chi connectivity index (χ2n) is 4.03. The van der Waals surface area contributed by atoms with Gasteiger partial charge >= 0.3 is 0 Å². The molecule has 0 saturated heterocycles. The first kappa shape index (κ1) is 13.6. The van der Waals surface area contributed by atoms with Gasteiger partial charge in [0, 0.05) is 12.1 Å². The van der Waals surface area contributed by atoms with Crippen molar-refractivity contribution in [2.75, 3.05) is 6.54 Å². The fourth-order valence-corrected chi connectivity index (χ4v) is 1.45. The largest absolute Gasteiger partial charge is 0.349 e. The number of carbonyl (C=O) groups is 1. The molecule has 0 fully saturated rings. The number of halogens is 2. The van der Waals surface area contributed by atoms with E-state index in [-0.39, 0.29) is 17.2 Å². The van der Waals surface area contributed by atoms with Crippen LogP contribution in [0.3, 0.4) is 0 Å². The average Bonchev–Trinajstić information content (AvgIpc) is 2.23. The van der Waals surface area contributed by atoms with E-state index in [1.54, 1.807) is 6.92 Å². The first-order chi connectivity index (χ1) is 7.95. The molecule has 1 aromatic carbocycles. The topological polar surface area (TPSA) is 55.1 Å². The molecule has 1 atom stereocenters. The van der Waals surface area contributed by atoms with Gasteiger partial charge in [0.25, 0.3) is 5.91 Å². The van der Waals surface area contributed by atoms with Crippen LogP contribution in [0.15, 0.2) is 12.1 Å². The molecule has 1 amide bonds. The highest BCUT2D eigenvalue weighted by molar-refractivity contribution is 5.94. The second-order valence-corrected chi connectivity index (χ2v) is 4.03. The fraction of sp³-hybridized carbons (Fsp3) is 0.417. The average molecular weight is 242 g/mol. The Morgan fingerprint density at radius 3 is 2.65 bits per heavy atom. The van der Waals surface area contributed by atoms with E-state index in [0.717, 1.165) is 6.07 Å². The standard InChI is InChI=1S/C12H16F2N2O/c1-7-5-9(11(14)6-10(7)13)12(17)16-8(2)3-4-15/h5-6,8H,3-4,15H2,1-2H3,(H,16,17). The molecule has 17 heavy (non-hydrogen) atoms. The Morgan fingerprint density at radius 2 is 2.06 bits per heavy atom. The van der Waals surface area contributed by atoms with Crippen LogP contribution >= 0.6 is 0 Å². The number of amides is 1. The fourth-order valence-electron chi connectivity index (χ4n) is 1.45. The van der Waals surface area contributed by atoms with E-state index >= 15 is 0 Å². The number of hydrogen-bond donors (Lipinski definition) is 2. The monoisotopic (exact) mass is 242 g/mol. The molecule has 1 unspecified atom stereocenters. The summed E-state index contributed by atoms with van der Waals surface area (Å²) in [4.78, 5) is 11.7. The van der Waals surface area contributed by atoms with E-state index in [1.807, 2.05) is 0 Å². The number of rotatable bonds is 4. The van der Waals surface area contributed by atoms with Gasteiger partial charge in [0.05, 0.1) is 5.56 Å². The van der Waals surface area contributed by atoms with Gasteiger partial charge in [0.2, 0.25) is 0 Å². The molecular formula is C12H16F2N2O. The van der Waals surface area contributed by atoms with Crippen molar-refractivity contribution in [3.63, 3.8) is 0 Å². The van der Waals surface area contributed by atoms with Crippen LogP contribution in [-0.4, -0.2) is 18.5 Å². The van der Waals surface area contributed by atoms with Crippen molar-refractivity contribution in [3.8, 4) is 0 Å². The highest BCUT2D eigenvalue weighted by atomic mass is 19.1. The Kier molecular flexibility index (Phi) is 4.57. The number of nitrogens with one attached hydrogen (secondary N) is 1. The third-order valence-corrected chi connectivity index (χ3v) is 2.47. The van der Waals surface area contributed by atoms with Crippen molar-refractivity contribution < 1.29 is 13.6 Å². The van der Waals surface area contributed by atoms with Gasteiger partial charge in [-0.2, -0.15) is 0 Å². The van der Waals surface area contributed by atoms with Crippen LogP contribution in [0, 0.1) is 18.6 Å². The van der Waals surface area contributed by atoms with Crippen molar-refractivity contribution in [2.45, 2.75) is 26.3 Å². The zero-order chi connectivity index (χ0) is 13.0. The number of hydrogen-bond acceptors (Lipinski definition) is 2. The minimum Gasteiger partial charge on any atom is -0.349 e. The maximum atomic E-state index is 13.4. The quantitative estimate of drug-likeness (QED) is 0.845. The molecule has 3 N–H and O–H groups in total. The molecule has 0 heterocycles. The number of nitrogens with two attached hydrogens (primary N) is 1. The maximum absolute atomic E-state index is 13.4. The highest BCUT2D eigenvalue weighted by Crippen LogP contribution is 2.14. The molecule has 0 aliphatic heterocycles. The lowest BCUT2D eigenvalue weighted by atomic mass is 10.1. The lowest BCUT2D eigenvalue weighted by Crippen LogP contribution is -2.34. The Hall–Kier alpha value is -1.49. The molecule has 1 rings (SSSR count). The van der Waals surface area contributed by atoms with Crippen molar-refractivity contribution >= 4 is 5.91 Å². The Morgan fingerprint density at radius 1 is 1.41 bits per heavy atom. The molecule has 1 aromatic rings. The minimum absolute atomic E-state index is 0.141. The van der Waals surface area contributed by atoms with Crippen LogP contribution in [0.1, 0.15) is 29.3 Å². The molecule has 0 aliphatic rings. The zero-order valence-corrected chi connectivity index (χ0v) is 9.89. The predicted molar refractivity (Wildman–Crippen MR) is 61.7 cm³/mol. The van der Waals surface area contributed by atoms with Crippen molar-refractivity contribution in [1.29, 1.82) is 0 Å². The summed E-state index contributed by atoms with van der Waals surface area (Å²) in [7, 11) is 0. The molecule has 0 bridgehead atoms. The maximum Gasteiger partial charge on any atom is 0.254 e. The van der Waals surface area contributed by atoms with E-state index in [9.17, 15) is 13.6 Å². The molecule has 0 spiro atoms. The van der Waals surface area contributed by atoms with Gasteiger partial charge in [-0.3, -0.25) is 4.79 Å². The molecule has 0 saturated carbocycles. The van der Waals surface area contributed by atoms with Gasteiger partial charge in [-0.05, 0) is 38.4 Å². The first-order valence-corrected chi connectivity index (χ1v) is 5.42. The van der Waals surface area contributed by atoms with Gasteiger partial charge in [-0.1, -0.05) is 0 Å². The lowest BCUT2D eigenvalue weighted by molar-refractivity contribution is 0.0934. The SMILES string of the molecule is Cc1cc(C(=O)NC(C)CCN)c(F)cc1F. The van der Waals surface area contributed by atoms with Gasteiger partial charge in [-0.25, -0.2) is 8.78 Å². The summed E-state index contributed by atoms with van der Waals surface area (Å²) in [5, 5.41) is 2.60. The van der Waals surface area contributed by atoms with Crippen molar-refractivity contribution in [3.05, 3.63) is 34.9 Å². The van der Waals surface area contributed by atoms with E-state index in [1.165, 1.54) is 13.0 Å². The highest BCUT2D eigenvalue weighted by Gasteiger charge is 2.15. The zero-order valence-electron chi connectivity index (χ0n) is 9.89. The van der Waals surface area contributed by atoms with Crippen LogP contribution in [0.5, 0.6) is 0 Å². The summed E-state index contributed by atoms with van der Waals surface area (Å²) >= 11 is 0. The van der Waals surface area contributed by atoms with Gasteiger partial charge in [0.15, 0.2) is 0 Å². The first-order valence-electron chi connectivity index (χ1n) is 5.42. The normalized spacial score (nSPS) is 12.3. The predicted octanol–water partition coefficient (Wildman–Crippen LogP) is 1.74. The third-order valence-electron chi connectivity index (χ3n) is 2.47. The van der Waals surface area contributed by atoms with E-state index in [2.05, 4.69) is 5.32 Å². The molecule has 5 heteroatoms. The summed E-state index contributed by atoms with van der Waals surface area (Å²) in [6, 6.07) is 1.78. The van der Waals surface area contributed by atoms with E-state index < -0.39 is 17.5 Å². The Bertz CT molecular complexity index is 421. The molecule has 94 valence electrons. The molecular weight excluding hydrogens is 226 g/mol. The van der Waals surface area contributed by atoms with Crippen LogP contribution in [0.4, 0.5) is 8.78 Å². The summed E-state index contributed by atoms with van der Waals surface area (Å²) in [6.07, 6.45) is 0.605. The van der Waals surface area contributed by atoms with Crippen LogP contribution in [0.25, 0.3) is 0 Å². The van der Waals surface area contributed by atoms with E-state index in [0.29, 0.717) is 13.0 Å². The minimum atomic E-state index is -0.856. The molecule has 0 aromatic heterocycles. The second kappa shape index (κ2) is 5.72. The molecule has 0 radical (unpaired) electrons. The summed E-state index contributed by atoms with van der Waals surface area (Å²) in [5.41, 5.74) is 5.44. The van der Waals surface area contributed by atoms with Gasteiger partial charge in [0.1, 0.15) is 11.6 Å². The third kappa shape index (κ3) is 3.49. The number of carbonyl (C=O) groups excluding carboxylic acids is 1. The van der Waals surface area contributed by atoms with Crippen LogP contribution < -0.4 is 11.1 Å². The van der Waals surface area contributed by atoms with E-state index in [4.69, 9.17) is 5.73 Å². The van der Waals surface area contributed by atoms with Crippen molar-refractivity contribution in [1.82, 2.24) is 5.32 Å². The summed E-state index contributed by atoms with van der Waals surface area (Å²) < 4.78 is 26.4. The molecule has 3 nitrogen and oxygen atoms in total. The smallest absolute Gasteiger partial charge is 0.254 e. The number of aryl methyl sites for hydroxylation is 1. The van der Waals surface area contributed by atoms with Crippen LogP contribution in [0.2, 0.25) is 0 Å². The summed E-state index contributed by atoms with van der Waals surface area (Å²) in [6.45, 7) is 3.69. The lowest BCUT2D eigenvalue weighted by Gasteiger charge is -2.13.